The Labute approximate surface area is 141 Å². The summed E-state index contributed by atoms with van der Waals surface area (Å²) in [7, 11) is 0. The van der Waals surface area contributed by atoms with Crippen LogP contribution in [-0.2, 0) is 4.79 Å². The Hall–Kier alpha value is -2.50. The first-order chi connectivity index (χ1) is 11.4. The Kier molecular flexibility index (Phi) is 5.49. The van der Waals surface area contributed by atoms with Crippen molar-refractivity contribution in [3.8, 4) is 0 Å². The third-order valence-electron chi connectivity index (χ3n) is 4.51. The van der Waals surface area contributed by atoms with Crippen molar-refractivity contribution < 1.29 is 14.7 Å². The Morgan fingerprint density at radius 2 is 2.04 bits per heavy atom. The Bertz CT molecular complexity index is 695. The van der Waals surface area contributed by atoms with E-state index in [1.807, 2.05) is 0 Å². The lowest BCUT2D eigenvalue weighted by Gasteiger charge is -2.40. The number of ketones is 1. The number of aliphatic hydroxyl groups is 1. The van der Waals surface area contributed by atoms with Crippen LogP contribution in [0.25, 0.3) is 0 Å². The van der Waals surface area contributed by atoms with Gasteiger partial charge in [0.15, 0.2) is 0 Å². The molecule has 6 heteroatoms. The quantitative estimate of drug-likeness (QED) is 0.593. The first kappa shape index (κ1) is 17.8. The van der Waals surface area contributed by atoms with Gasteiger partial charge in [-0.2, -0.15) is 5.10 Å². The van der Waals surface area contributed by atoms with Gasteiger partial charge in [0.1, 0.15) is 5.78 Å². The molecule has 24 heavy (non-hydrogen) atoms. The second kappa shape index (κ2) is 7.38. The molecule has 0 bridgehead atoms. The van der Waals surface area contributed by atoms with Crippen LogP contribution in [-0.4, -0.2) is 27.5 Å². The number of carbonyl (C=O) groups is 2. The number of hydrogen-bond acceptors (Lipinski definition) is 5. The van der Waals surface area contributed by atoms with Gasteiger partial charge in [0, 0.05) is 42.9 Å². The molecule has 0 saturated carbocycles. The highest BCUT2D eigenvalue weighted by atomic mass is 16.3. The number of Topliss-reactive ketones (excluding diaryl/α,β-unsaturated/α-hetero) is 1. The molecule has 1 amide bonds. The molecule has 2 rings (SSSR count). The van der Waals surface area contributed by atoms with Gasteiger partial charge >= 0.3 is 0 Å². The molecule has 1 aliphatic carbocycles. The van der Waals surface area contributed by atoms with Crippen LogP contribution < -0.4 is 5.43 Å². The maximum absolute atomic E-state index is 12.1. The number of nitrogens with one attached hydrogen (secondary N) is 1. The van der Waals surface area contributed by atoms with Gasteiger partial charge in [0.2, 0.25) is 0 Å². The van der Waals surface area contributed by atoms with Crippen LogP contribution in [0.4, 0.5) is 0 Å². The number of aromatic nitrogens is 1. The van der Waals surface area contributed by atoms with Crippen LogP contribution in [0.1, 0.15) is 56.8 Å². The number of carbonyl (C=O) groups excluding carboxylic acids is 2. The van der Waals surface area contributed by atoms with Gasteiger partial charge in [-0.15, -0.1) is 0 Å². The summed E-state index contributed by atoms with van der Waals surface area (Å²) in [6, 6.07) is 3.17. The second-order valence-electron chi connectivity index (χ2n) is 6.43. The number of rotatable bonds is 7. The molecule has 6 nitrogen and oxygen atoms in total. The normalized spacial score (nSPS) is 20.5. The van der Waals surface area contributed by atoms with Crippen LogP contribution in [0.3, 0.4) is 0 Å². The molecular formula is C18H23N3O3. The lowest BCUT2D eigenvalue weighted by molar-refractivity contribution is -0.115. The van der Waals surface area contributed by atoms with E-state index in [-0.39, 0.29) is 23.5 Å². The van der Waals surface area contributed by atoms with Crippen LogP contribution in [0.5, 0.6) is 0 Å². The van der Waals surface area contributed by atoms with Crippen molar-refractivity contribution in [2.75, 3.05) is 0 Å². The fourth-order valence-corrected chi connectivity index (χ4v) is 2.81. The molecule has 1 unspecified atom stereocenters. The fraction of sp³-hybridized carbons (Fsp3) is 0.444. The van der Waals surface area contributed by atoms with Crippen LogP contribution in [0, 0.1) is 5.41 Å². The molecule has 0 aromatic carbocycles. The lowest BCUT2D eigenvalue weighted by Crippen LogP contribution is -2.32. The summed E-state index contributed by atoms with van der Waals surface area (Å²) in [5, 5.41) is 14.1. The molecule has 128 valence electrons. The van der Waals surface area contributed by atoms with Gasteiger partial charge in [-0.3, -0.25) is 14.6 Å². The van der Waals surface area contributed by atoms with Crippen molar-refractivity contribution in [3.63, 3.8) is 0 Å². The first-order valence-electron chi connectivity index (χ1n) is 8.02. The number of amides is 1. The van der Waals surface area contributed by atoms with E-state index < -0.39 is 0 Å². The van der Waals surface area contributed by atoms with Gasteiger partial charge in [0.25, 0.3) is 5.91 Å². The zero-order valence-corrected chi connectivity index (χ0v) is 14.3. The highest BCUT2D eigenvalue weighted by Crippen LogP contribution is 2.49. The van der Waals surface area contributed by atoms with Gasteiger partial charge in [-0.1, -0.05) is 13.8 Å². The topological polar surface area (TPSA) is 91.6 Å². The largest absolute Gasteiger partial charge is 0.512 e. The summed E-state index contributed by atoms with van der Waals surface area (Å²) in [5.41, 5.74) is 4.32. The molecule has 2 N–H and O–H groups in total. The Morgan fingerprint density at radius 3 is 2.58 bits per heavy atom. The summed E-state index contributed by atoms with van der Waals surface area (Å²) in [6.07, 6.45) is 5.15. The minimum absolute atomic E-state index is 0.0375. The molecule has 1 aromatic heterocycles. The molecule has 1 aliphatic rings. The zero-order chi connectivity index (χ0) is 17.7. The lowest BCUT2D eigenvalue weighted by atomic mass is 9.65. The van der Waals surface area contributed by atoms with Crippen LogP contribution in [0.15, 0.2) is 41.0 Å². The van der Waals surface area contributed by atoms with Gasteiger partial charge in [-0.25, -0.2) is 5.43 Å². The number of hydrazone groups is 1. The maximum Gasteiger partial charge on any atom is 0.271 e. The number of allylic oxidation sites excluding steroid dienone is 2. The maximum atomic E-state index is 12.1. The van der Waals surface area contributed by atoms with Crippen molar-refractivity contribution in [1.82, 2.24) is 10.4 Å². The molecule has 0 spiro atoms. The van der Waals surface area contributed by atoms with E-state index in [4.69, 9.17) is 0 Å². The third kappa shape index (κ3) is 4.07. The van der Waals surface area contributed by atoms with Crippen LogP contribution in [0.2, 0.25) is 0 Å². The first-order valence-corrected chi connectivity index (χ1v) is 8.02. The molecule has 1 heterocycles. The smallest absolute Gasteiger partial charge is 0.271 e. The molecule has 0 saturated heterocycles. The molecule has 0 fully saturated rings. The standard InChI is InChI=1S/C18H23N3O3/c1-4-18(3)11-16(23)15(18)10-14(9-12(2)22)20-21-17(24)13-5-7-19-8-6-13/h5-8,23H,4,9-11H2,1-3H3,(H,21,24)/b20-14+. The minimum Gasteiger partial charge on any atom is -0.512 e. The third-order valence-corrected chi connectivity index (χ3v) is 4.51. The van der Waals surface area contributed by atoms with E-state index >= 15 is 0 Å². The van der Waals surface area contributed by atoms with Crippen molar-refractivity contribution in [3.05, 3.63) is 41.4 Å². The molecule has 0 aliphatic heterocycles. The van der Waals surface area contributed by atoms with Crippen LogP contribution >= 0.6 is 0 Å². The minimum atomic E-state index is -0.358. The van der Waals surface area contributed by atoms with E-state index in [2.05, 4.69) is 29.4 Å². The highest BCUT2D eigenvalue weighted by Gasteiger charge is 2.40. The fourth-order valence-electron chi connectivity index (χ4n) is 2.81. The Morgan fingerprint density at radius 1 is 1.38 bits per heavy atom. The summed E-state index contributed by atoms with van der Waals surface area (Å²) < 4.78 is 0. The average molecular weight is 329 g/mol. The number of hydrogen-bond donors (Lipinski definition) is 2. The van der Waals surface area contributed by atoms with E-state index in [0.717, 1.165) is 12.0 Å². The molecule has 1 atom stereocenters. The summed E-state index contributed by atoms with van der Waals surface area (Å²) in [5.74, 6) is -0.0240. The predicted molar refractivity (Wildman–Crippen MR) is 91.7 cm³/mol. The van der Waals surface area contributed by atoms with Gasteiger partial charge in [-0.05, 0) is 36.5 Å². The molecule has 1 aromatic rings. The second-order valence-corrected chi connectivity index (χ2v) is 6.43. The number of aliphatic hydroxyl groups excluding tert-OH is 1. The van der Waals surface area contributed by atoms with E-state index in [9.17, 15) is 14.7 Å². The Balaban J connectivity index is 2.12. The average Bonchev–Trinajstić information content (AvgIpc) is 2.57. The van der Waals surface area contributed by atoms with Crippen molar-refractivity contribution in [2.24, 2.45) is 10.5 Å². The number of pyridine rings is 1. The summed E-state index contributed by atoms with van der Waals surface area (Å²) in [4.78, 5) is 27.4. The predicted octanol–water partition coefficient (Wildman–Crippen LogP) is 3.17. The van der Waals surface area contributed by atoms with Crippen molar-refractivity contribution >= 4 is 17.4 Å². The van der Waals surface area contributed by atoms with E-state index in [1.54, 1.807) is 12.1 Å². The number of nitrogens with zero attached hydrogens (tertiary/aromatic N) is 2. The van der Waals surface area contributed by atoms with E-state index in [0.29, 0.717) is 29.9 Å². The highest BCUT2D eigenvalue weighted by molar-refractivity contribution is 6.03. The summed E-state index contributed by atoms with van der Waals surface area (Å²) >= 11 is 0. The molecule has 0 radical (unpaired) electrons. The summed E-state index contributed by atoms with van der Waals surface area (Å²) in [6.45, 7) is 5.64. The van der Waals surface area contributed by atoms with Gasteiger partial charge < -0.3 is 5.11 Å². The SMILES string of the molecule is CCC1(C)CC(O)=C1C/C(CC(C)=O)=N/NC(=O)c1ccncc1. The molecular weight excluding hydrogens is 306 g/mol. The van der Waals surface area contributed by atoms with Gasteiger partial charge in [0.05, 0.1) is 5.76 Å². The van der Waals surface area contributed by atoms with Crippen molar-refractivity contribution in [1.29, 1.82) is 0 Å². The van der Waals surface area contributed by atoms with E-state index in [1.165, 1.54) is 19.3 Å². The van der Waals surface area contributed by atoms with Crippen molar-refractivity contribution in [2.45, 2.75) is 46.5 Å². The monoisotopic (exact) mass is 329 g/mol. The zero-order valence-electron chi connectivity index (χ0n) is 14.3.